The summed E-state index contributed by atoms with van der Waals surface area (Å²) in [4.78, 5) is 109. The number of urea groups is 1. The van der Waals surface area contributed by atoms with E-state index in [0.717, 1.165) is 37.7 Å². The summed E-state index contributed by atoms with van der Waals surface area (Å²) >= 11 is 13.0. The molecule has 0 spiro atoms. The number of phenols is 1. The third-order valence-corrected chi connectivity index (χ3v) is 15.9. The van der Waals surface area contributed by atoms with E-state index in [4.69, 9.17) is 39.4 Å². The molecule has 3 heterocycles. The lowest BCUT2D eigenvalue weighted by molar-refractivity contribution is -0.137. The lowest BCUT2D eigenvalue weighted by atomic mass is 9.79. The standard InChI is InChI=1S/C59H66Cl2N8O10/c1-34(2)53(43(56(62)75)15-7-8-26-67-51(73)23-24-52(67)74)58(77)66-44(16-10-25-64-59(63)78)57(76)65-38-21-19-35(20-22-38)33-79-48-28-46-55(42-14-6-4-12-40(42)48)37(30-61)32-69(46)50(72)18-9-17-49(71)68-31-36(29-60)54-41-13-5-3-11-39(41)47(70)27-45(54)68/h3-6,11-14,19-24,27-28,34,36-37,43-44,53,70H,7-10,15-18,25-26,29-33H2,1-2H3,(H2,62,75)(H,65,76)(H,66,77)(H3,63,64,78)/t36-,37-,43?,44+,53+/m1/s1. The van der Waals surface area contributed by atoms with Crippen LogP contribution in [0.2, 0.25) is 0 Å². The average Bonchev–Trinajstić information content (AvgIpc) is 4.18. The maximum atomic E-state index is 14.1. The molecule has 5 atom stereocenters. The maximum absolute atomic E-state index is 14.1. The highest BCUT2D eigenvalue weighted by Crippen LogP contribution is 2.47. The molecule has 79 heavy (non-hydrogen) atoms. The molecule has 0 radical (unpaired) electrons. The van der Waals surface area contributed by atoms with Gasteiger partial charge in [-0.05, 0) is 77.6 Å². The molecule has 0 saturated heterocycles. The molecule has 3 aliphatic heterocycles. The normalized spacial score (nSPS) is 16.7. The van der Waals surface area contributed by atoms with Crippen LogP contribution in [0.1, 0.15) is 93.7 Å². The van der Waals surface area contributed by atoms with Crippen molar-refractivity contribution >= 4 is 109 Å². The van der Waals surface area contributed by atoms with E-state index >= 15 is 0 Å². The molecular weight excluding hydrogens is 1050 g/mol. The van der Waals surface area contributed by atoms with E-state index in [-0.39, 0.29) is 93.0 Å². The number of ether oxygens (including phenoxy) is 1. The van der Waals surface area contributed by atoms with Crippen molar-refractivity contribution in [2.75, 3.05) is 53.1 Å². The second-order valence-corrected chi connectivity index (χ2v) is 21.3. The quantitative estimate of drug-likeness (QED) is 0.0187. The lowest BCUT2D eigenvalue weighted by Gasteiger charge is -2.29. The Hall–Kier alpha value is -7.70. The number of anilines is 3. The van der Waals surface area contributed by atoms with E-state index in [9.17, 15) is 43.5 Å². The van der Waals surface area contributed by atoms with Gasteiger partial charge in [-0.3, -0.25) is 38.5 Å². The summed E-state index contributed by atoms with van der Waals surface area (Å²) in [5.41, 5.74) is 15.5. The van der Waals surface area contributed by atoms with Gasteiger partial charge in [0.15, 0.2) is 0 Å². The summed E-state index contributed by atoms with van der Waals surface area (Å²) in [6, 6.07) is 24.0. The first-order valence-electron chi connectivity index (χ1n) is 26.7. The number of nitrogens with two attached hydrogens (primary N) is 2. The molecule has 416 valence electrons. The second kappa shape index (κ2) is 25.8. The lowest BCUT2D eigenvalue weighted by Crippen LogP contribution is -2.50. The fraction of sp³-hybridized carbons (Fsp3) is 0.390. The summed E-state index contributed by atoms with van der Waals surface area (Å²) in [7, 11) is 0. The first-order valence-corrected chi connectivity index (χ1v) is 27.8. The van der Waals surface area contributed by atoms with Crippen LogP contribution in [-0.4, -0.2) is 101 Å². The number of rotatable bonds is 25. The Morgan fingerprint density at radius 3 is 1.85 bits per heavy atom. The van der Waals surface area contributed by atoms with Crippen LogP contribution >= 0.6 is 23.2 Å². The third-order valence-electron chi connectivity index (χ3n) is 15.1. The summed E-state index contributed by atoms with van der Waals surface area (Å²) in [6.45, 7) is 4.72. The van der Waals surface area contributed by atoms with Crippen LogP contribution in [-0.2, 0) is 40.2 Å². The zero-order chi connectivity index (χ0) is 56.5. The number of benzene rings is 5. The molecule has 9 amide bonds. The first-order chi connectivity index (χ1) is 38.0. The zero-order valence-corrected chi connectivity index (χ0v) is 45.7. The molecule has 1 unspecified atom stereocenters. The van der Waals surface area contributed by atoms with Gasteiger partial charge < -0.3 is 47.1 Å². The molecule has 0 aromatic heterocycles. The largest absolute Gasteiger partial charge is 0.507 e. The number of imide groups is 1. The topological polar surface area (TPSA) is 264 Å². The number of carbonyl (C=O) groups is 8. The van der Waals surface area contributed by atoms with Crippen molar-refractivity contribution in [3.63, 3.8) is 0 Å². The minimum atomic E-state index is -1.09. The molecule has 3 aliphatic rings. The van der Waals surface area contributed by atoms with E-state index in [2.05, 4.69) is 16.0 Å². The van der Waals surface area contributed by atoms with Crippen molar-refractivity contribution in [3.8, 4) is 11.5 Å². The van der Waals surface area contributed by atoms with E-state index in [0.29, 0.717) is 66.4 Å². The number of fused-ring (bicyclic) bond motifs is 6. The smallest absolute Gasteiger partial charge is 0.312 e. The number of carbonyl (C=O) groups excluding carboxylic acids is 8. The maximum Gasteiger partial charge on any atom is 0.312 e. The van der Waals surface area contributed by atoms with E-state index in [1.807, 2.05) is 54.6 Å². The van der Waals surface area contributed by atoms with Crippen LogP contribution in [0, 0.1) is 17.8 Å². The number of hydrogen-bond acceptors (Lipinski definition) is 10. The Morgan fingerprint density at radius 2 is 1.28 bits per heavy atom. The zero-order valence-electron chi connectivity index (χ0n) is 44.2. The number of alkyl halides is 2. The molecule has 18 nitrogen and oxygen atoms in total. The van der Waals surface area contributed by atoms with Gasteiger partial charge in [-0.25, -0.2) is 4.79 Å². The molecule has 0 aliphatic carbocycles. The van der Waals surface area contributed by atoms with Gasteiger partial charge in [0.2, 0.25) is 29.5 Å². The summed E-state index contributed by atoms with van der Waals surface area (Å²) in [6.07, 6.45) is 4.32. The van der Waals surface area contributed by atoms with Crippen molar-refractivity contribution in [2.45, 2.75) is 89.7 Å². The Morgan fingerprint density at radius 1 is 0.709 bits per heavy atom. The number of nitrogens with one attached hydrogen (secondary N) is 3. The Balaban J connectivity index is 0.908. The van der Waals surface area contributed by atoms with E-state index in [1.165, 1.54) is 12.2 Å². The predicted octanol–water partition coefficient (Wildman–Crippen LogP) is 7.83. The number of hydrogen-bond donors (Lipinski definition) is 6. The highest BCUT2D eigenvalue weighted by molar-refractivity contribution is 6.19. The number of unbranched alkanes of at least 4 members (excludes halogenated alkanes) is 1. The highest BCUT2D eigenvalue weighted by atomic mass is 35.5. The van der Waals surface area contributed by atoms with Gasteiger partial charge in [-0.1, -0.05) is 80.9 Å². The minimum Gasteiger partial charge on any atom is -0.507 e. The first kappa shape index (κ1) is 57.5. The van der Waals surface area contributed by atoms with Gasteiger partial charge in [0.05, 0.1) is 17.3 Å². The number of aromatic hydroxyl groups is 1. The number of primary amides is 2. The van der Waals surface area contributed by atoms with Crippen LogP contribution in [0.15, 0.2) is 97.1 Å². The van der Waals surface area contributed by atoms with Crippen molar-refractivity contribution < 1.29 is 48.2 Å². The second-order valence-electron chi connectivity index (χ2n) is 20.7. The molecular formula is C59H66Cl2N8O10. The SMILES string of the molecule is CC(C)[C@H](C(=O)N[C@@H](CCCNC(N)=O)C(=O)Nc1ccc(COc2cc3c(c4ccccc24)[C@H](CCl)CN3C(=O)CCCC(=O)N2C[C@@H](CCl)c3c2cc(O)c2ccccc32)cc1)C(CCCCN1C(=O)C=CC1=O)C(N)=O. The fourth-order valence-electron chi connectivity index (χ4n) is 11.2. The number of nitrogens with zero attached hydrogens (tertiary/aromatic N) is 3. The van der Waals surface area contributed by atoms with Crippen molar-refractivity contribution in [2.24, 2.45) is 29.2 Å². The molecule has 20 heteroatoms. The third kappa shape index (κ3) is 13.1. The Kier molecular flexibility index (Phi) is 18.8. The van der Waals surface area contributed by atoms with Gasteiger partial charge in [0.1, 0.15) is 24.1 Å². The van der Waals surface area contributed by atoms with Gasteiger partial charge in [0.25, 0.3) is 11.8 Å². The van der Waals surface area contributed by atoms with Gasteiger partial charge in [0, 0.05) is 109 Å². The van der Waals surface area contributed by atoms with Gasteiger partial charge >= 0.3 is 6.03 Å². The average molecular weight is 1120 g/mol. The monoisotopic (exact) mass is 1120 g/mol. The fourth-order valence-corrected chi connectivity index (χ4v) is 11.7. The number of phenolic OH excluding ortho intramolecular Hbond substituents is 1. The van der Waals surface area contributed by atoms with Crippen molar-refractivity contribution in [1.29, 1.82) is 0 Å². The highest BCUT2D eigenvalue weighted by Gasteiger charge is 2.39. The van der Waals surface area contributed by atoms with Crippen molar-refractivity contribution in [3.05, 3.63) is 114 Å². The van der Waals surface area contributed by atoms with E-state index < -0.39 is 53.4 Å². The van der Waals surface area contributed by atoms with Crippen LogP contribution in [0.25, 0.3) is 21.5 Å². The van der Waals surface area contributed by atoms with Crippen LogP contribution in [0.5, 0.6) is 11.5 Å². The summed E-state index contributed by atoms with van der Waals surface area (Å²) < 4.78 is 6.51. The van der Waals surface area contributed by atoms with Crippen LogP contribution in [0.3, 0.4) is 0 Å². The molecule has 0 fully saturated rings. The molecule has 5 aromatic rings. The summed E-state index contributed by atoms with van der Waals surface area (Å²) in [5.74, 6) is -4.12. The number of amides is 9. The van der Waals surface area contributed by atoms with Crippen molar-refractivity contribution in [1.82, 2.24) is 15.5 Å². The molecule has 0 saturated carbocycles. The predicted molar refractivity (Wildman–Crippen MR) is 304 cm³/mol. The Labute approximate surface area is 468 Å². The molecule has 8 rings (SSSR count). The van der Waals surface area contributed by atoms with Gasteiger partial charge in [-0.15, -0.1) is 23.2 Å². The molecule has 0 bridgehead atoms. The Bertz CT molecular complexity index is 3170. The summed E-state index contributed by atoms with van der Waals surface area (Å²) in [5, 5.41) is 22.4. The van der Waals surface area contributed by atoms with Gasteiger partial charge in [-0.2, -0.15) is 0 Å². The molecule has 8 N–H and O–H groups in total. The van der Waals surface area contributed by atoms with Crippen LogP contribution < -0.4 is 42.0 Å². The minimum absolute atomic E-state index is 0.0869. The van der Waals surface area contributed by atoms with Crippen LogP contribution in [0.4, 0.5) is 21.9 Å². The molecule has 5 aromatic carbocycles. The van der Waals surface area contributed by atoms with E-state index in [1.54, 1.807) is 54.0 Å². The number of halogens is 2.